The first-order valence-electron chi connectivity index (χ1n) is 15.0. The van der Waals surface area contributed by atoms with Crippen LogP contribution in [0.3, 0.4) is 0 Å². The Hall–Kier alpha value is -2.15. The second-order valence-electron chi connectivity index (χ2n) is 13.4. The smallest absolute Gasteiger partial charge is 0.109 e. The second kappa shape index (κ2) is 16.6. The summed E-state index contributed by atoms with van der Waals surface area (Å²) >= 11 is 7.28. The van der Waals surface area contributed by atoms with Gasteiger partial charge in [0, 0.05) is 0 Å². The Morgan fingerprint density at radius 3 is 1.56 bits per heavy atom. The third kappa shape index (κ3) is 10.2. The first-order chi connectivity index (χ1) is 20.3. The summed E-state index contributed by atoms with van der Waals surface area (Å²) < 4.78 is 1.36. The summed E-state index contributed by atoms with van der Waals surface area (Å²) in [4.78, 5) is 0. The second-order valence-corrected chi connectivity index (χ2v) is 15.1. The molecular weight excluding hydrogens is 690 g/mol. The Labute approximate surface area is 303 Å². The van der Waals surface area contributed by atoms with Crippen molar-refractivity contribution in [3.8, 4) is 0 Å². The maximum atomic E-state index is 5.86. The van der Waals surface area contributed by atoms with Crippen LogP contribution in [0.15, 0.2) is 103 Å². The zero-order chi connectivity index (χ0) is 31.4. The van der Waals surface area contributed by atoms with E-state index < -0.39 is 0 Å². The number of benzene rings is 4. The molecule has 0 atom stereocenters. The number of rotatable bonds is 2. The van der Waals surface area contributed by atoms with Gasteiger partial charge >= 0.3 is 110 Å². The molecule has 0 bridgehead atoms. The Balaban J connectivity index is 0.000000275. The number of hydrogen-bond acceptors (Lipinski definition) is 0. The molecule has 1 aliphatic carbocycles. The average molecular weight is 733 g/mol. The molecule has 0 aromatic heterocycles. The van der Waals surface area contributed by atoms with Crippen molar-refractivity contribution in [3.63, 3.8) is 0 Å². The molecular formula is C41H43Cl3Zr-2. The van der Waals surface area contributed by atoms with E-state index in [4.69, 9.17) is 11.6 Å². The summed E-state index contributed by atoms with van der Waals surface area (Å²) in [6, 6.07) is 30.4. The zero-order valence-electron chi connectivity index (χ0n) is 27.7. The van der Waals surface area contributed by atoms with E-state index in [0.717, 1.165) is 11.4 Å². The third-order valence-electron chi connectivity index (χ3n) is 7.79. The Morgan fingerprint density at radius 2 is 1.18 bits per heavy atom. The summed E-state index contributed by atoms with van der Waals surface area (Å²) in [6.45, 7) is 18.3. The maximum absolute atomic E-state index is 5.86. The quantitative estimate of drug-likeness (QED) is 0.205. The van der Waals surface area contributed by atoms with E-state index >= 15 is 0 Å². The minimum Gasteiger partial charge on any atom is -1.00 e. The summed E-state index contributed by atoms with van der Waals surface area (Å²) in [7, 11) is 0. The van der Waals surface area contributed by atoms with Gasteiger partial charge in [-0.05, 0) is 24.7 Å². The molecule has 0 amide bonds. The zero-order valence-corrected chi connectivity index (χ0v) is 32.4. The predicted molar refractivity (Wildman–Crippen MR) is 187 cm³/mol. The molecule has 6 rings (SSSR count). The largest absolute Gasteiger partial charge is 1.00 e. The van der Waals surface area contributed by atoms with Crippen LogP contribution in [0.25, 0.3) is 21.5 Å². The summed E-state index contributed by atoms with van der Waals surface area (Å²) in [5, 5.41) is 6.34. The SMILES string of the molecule is Cc1cc2[cH-]c3cc(C)c(C(C)(C)C)cc3c2cc1C(C)(C)C.Clc1ccc([C](=[Zr+2])c2ccccc2)cc1.[C-]1=CC=CC1.[Cl-].[Cl-]. The molecule has 0 unspecified atom stereocenters. The van der Waals surface area contributed by atoms with Gasteiger partial charge in [0.2, 0.25) is 0 Å². The van der Waals surface area contributed by atoms with Crippen molar-refractivity contribution in [2.75, 3.05) is 0 Å². The molecule has 4 heteroatoms. The fourth-order valence-corrected chi connectivity index (χ4v) is 6.62. The van der Waals surface area contributed by atoms with Crippen molar-refractivity contribution < 1.29 is 49.0 Å². The van der Waals surface area contributed by atoms with Gasteiger partial charge in [0.25, 0.3) is 0 Å². The molecule has 0 aliphatic heterocycles. The van der Waals surface area contributed by atoms with Crippen molar-refractivity contribution in [3.05, 3.63) is 148 Å². The van der Waals surface area contributed by atoms with Gasteiger partial charge in [0.1, 0.15) is 0 Å². The van der Waals surface area contributed by atoms with Crippen LogP contribution in [-0.4, -0.2) is 3.21 Å². The minimum atomic E-state index is 0. The van der Waals surface area contributed by atoms with Crippen molar-refractivity contribution >= 4 is 36.4 Å². The van der Waals surface area contributed by atoms with Crippen molar-refractivity contribution in [1.29, 1.82) is 0 Å². The van der Waals surface area contributed by atoms with E-state index in [1.54, 1.807) is 0 Å². The van der Waals surface area contributed by atoms with Gasteiger partial charge in [-0.15, -0.1) is 46.2 Å². The molecule has 0 heterocycles. The number of aryl methyl sites for hydroxylation is 2. The molecule has 0 saturated heterocycles. The van der Waals surface area contributed by atoms with Gasteiger partial charge in [0.05, 0.1) is 0 Å². The van der Waals surface area contributed by atoms with E-state index in [1.807, 2.05) is 30.4 Å². The van der Waals surface area contributed by atoms with E-state index in [9.17, 15) is 0 Å². The summed E-state index contributed by atoms with van der Waals surface area (Å²) in [5.74, 6) is 0. The van der Waals surface area contributed by atoms with Gasteiger partial charge in [0.15, 0.2) is 0 Å². The van der Waals surface area contributed by atoms with E-state index in [0.29, 0.717) is 0 Å². The summed E-state index contributed by atoms with van der Waals surface area (Å²) in [6.07, 6.45) is 10.0. The van der Waals surface area contributed by atoms with Crippen LogP contribution >= 0.6 is 11.6 Å². The van der Waals surface area contributed by atoms with Crippen LogP contribution in [0.5, 0.6) is 0 Å². The molecule has 5 aromatic carbocycles. The standard InChI is InChI=1S/C23H29.C13H9Cl.C5H5.2ClH.Zr/c1-14-9-16-11-17-10-15(2)21(23(6,7)8)13-19(17)18(16)12-20(14)22(3,4)5;14-13-8-6-12(7-9-13)10-11-4-2-1-3-5-11;1-2-4-5-3-1;;;/h9-13H,1-8H3;1-9H;1-3H,4H2;2*1H;/q-1;;-1;;;+2/p-2. The first-order valence-corrected chi connectivity index (χ1v) is 16.6. The number of hydrogen-bond donors (Lipinski definition) is 0. The van der Waals surface area contributed by atoms with Gasteiger partial charge in [-0.3, -0.25) is 6.08 Å². The van der Waals surface area contributed by atoms with Crippen LogP contribution < -0.4 is 24.8 Å². The monoisotopic (exact) mass is 730 g/mol. The summed E-state index contributed by atoms with van der Waals surface area (Å²) in [5.41, 5.74) is 8.60. The van der Waals surface area contributed by atoms with E-state index in [1.165, 1.54) is 82.4 Å². The molecule has 0 saturated carbocycles. The van der Waals surface area contributed by atoms with Crippen LogP contribution in [-0.2, 0) is 35.1 Å². The molecule has 0 spiro atoms. The molecule has 0 fully saturated rings. The number of fused-ring (bicyclic) bond motifs is 3. The fraction of sp³-hybridized carbons (Fsp3) is 0.268. The van der Waals surface area contributed by atoms with Crippen LogP contribution in [0.1, 0.15) is 81.3 Å². The molecule has 234 valence electrons. The van der Waals surface area contributed by atoms with Gasteiger partial charge in [-0.2, -0.15) is 6.08 Å². The molecule has 1 aliphatic rings. The minimum absolute atomic E-state index is 0. The predicted octanol–water partition coefficient (Wildman–Crippen LogP) is 5.69. The van der Waals surface area contributed by atoms with Gasteiger partial charge < -0.3 is 24.8 Å². The topological polar surface area (TPSA) is 0 Å². The molecule has 5 aromatic rings. The fourth-order valence-electron chi connectivity index (χ4n) is 5.68. The van der Waals surface area contributed by atoms with E-state index in [2.05, 4.69) is 134 Å². The Bertz CT molecular complexity index is 1690. The van der Waals surface area contributed by atoms with E-state index in [-0.39, 0.29) is 35.6 Å². The average Bonchev–Trinajstić information content (AvgIpc) is 3.63. The molecule has 45 heavy (non-hydrogen) atoms. The molecule has 0 radical (unpaired) electrons. The maximum Gasteiger partial charge on any atom is -0.109 e. The van der Waals surface area contributed by atoms with Crippen LogP contribution in [0, 0.1) is 19.9 Å². The van der Waals surface area contributed by atoms with Gasteiger partial charge in [-0.1, -0.05) is 75.9 Å². The normalized spacial score (nSPS) is 12.1. The Morgan fingerprint density at radius 1 is 0.711 bits per heavy atom. The number of halogens is 3. The molecule has 0 N–H and O–H groups in total. The van der Waals surface area contributed by atoms with Crippen LogP contribution in [0.2, 0.25) is 5.02 Å². The molecule has 0 nitrogen and oxygen atoms in total. The van der Waals surface area contributed by atoms with Crippen molar-refractivity contribution in [2.24, 2.45) is 0 Å². The first kappa shape index (κ1) is 39.0. The van der Waals surface area contributed by atoms with Crippen molar-refractivity contribution in [1.82, 2.24) is 0 Å². The number of allylic oxidation sites excluding steroid dienone is 4. The Kier molecular flexibility index (Phi) is 14.4. The third-order valence-corrected chi connectivity index (χ3v) is 9.46. The van der Waals surface area contributed by atoms with Crippen molar-refractivity contribution in [2.45, 2.75) is 72.6 Å². The van der Waals surface area contributed by atoms with Gasteiger partial charge in [-0.25, -0.2) is 12.2 Å². The van der Waals surface area contributed by atoms with Crippen LogP contribution in [0.4, 0.5) is 0 Å².